The van der Waals surface area contributed by atoms with Crippen LogP contribution in [0.5, 0.6) is 0 Å². The molecule has 2 heterocycles. The van der Waals surface area contributed by atoms with Crippen LogP contribution in [-0.4, -0.2) is 10.1 Å². The summed E-state index contributed by atoms with van der Waals surface area (Å²) in [7, 11) is 0. The molecule has 1 aromatic carbocycles. The molecule has 3 rings (SSSR count). The number of hydrogen-bond acceptors (Lipinski definition) is 4. The van der Waals surface area contributed by atoms with Crippen LogP contribution in [0.15, 0.2) is 39.5 Å². The minimum absolute atomic E-state index is 0.112. The zero-order valence-electron chi connectivity index (χ0n) is 12.1. The SMILES string of the molecule is Cc1noc(C)c1C(C)Nc1ccnc2c(Br)cccc12. The second-order valence-electron chi connectivity index (χ2n) is 5.10. The zero-order chi connectivity index (χ0) is 15.0. The lowest BCUT2D eigenvalue weighted by Crippen LogP contribution is -2.09. The van der Waals surface area contributed by atoms with Gasteiger partial charge in [-0.25, -0.2) is 0 Å². The summed E-state index contributed by atoms with van der Waals surface area (Å²) >= 11 is 3.54. The predicted molar refractivity (Wildman–Crippen MR) is 87.5 cm³/mol. The number of nitrogens with one attached hydrogen (secondary N) is 1. The second kappa shape index (κ2) is 5.48. The molecule has 0 bridgehead atoms. The summed E-state index contributed by atoms with van der Waals surface area (Å²) in [5.41, 5.74) is 4.03. The molecule has 0 aliphatic heterocycles. The van der Waals surface area contributed by atoms with E-state index in [0.29, 0.717) is 0 Å². The van der Waals surface area contributed by atoms with Crippen molar-refractivity contribution >= 4 is 32.5 Å². The van der Waals surface area contributed by atoms with Crippen molar-refractivity contribution in [2.75, 3.05) is 5.32 Å². The largest absolute Gasteiger partial charge is 0.378 e. The van der Waals surface area contributed by atoms with E-state index in [0.717, 1.165) is 38.1 Å². The molecule has 4 nitrogen and oxygen atoms in total. The number of benzene rings is 1. The number of para-hydroxylation sites is 1. The van der Waals surface area contributed by atoms with Gasteiger partial charge >= 0.3 is 0 Å². The van der Waals surface area contributed by atoms with Gasteiger partial charge in [0, 0.05) is 27.3 Å². The van der Waals surface area contributed by atoms with Crippen molar-refractivity contribution < 1.29 is 4.52 Å². The number of hydrogen-bond donors (Lipinski definition) is 1. The van der Waals surface area contributed by atoms with Crippen LogP contribution >= 0.6 is 15.9 Å². The molecule has 0 amide bonds. The smallest absolute Gasteiger partial charge is 0.139 e. The minimum Gasteiger partial charge on any atom is -0.378 e. The molecule has 5 heteroatoms. The molecule has 2 aromatic heterocycles. The third-order valence-corrected chi connectivity index (χ3v) is 4.26. The van der Waals surface area contributed by atoms with Crippen molar-refractivity contribution in [3.05, 3.63) is 52.0 Å². The molecule has 21 heavy (non-hydrogen) atoms. The van der Waals surface area contributed by atoms with Crippen LogP contribution in [0.1, 0.15) is 30.0 Å². The summed E-state index contributed by atoms with van der Waals surface area (Å²) in [6.45, 7) is 6.01. The van der Waals surface area contributed by atoms with Crippen LogP contribution in [0.3, 0.4) is 0 Å². The molecule has 1 atom stereocenters. The number of aryl methyl sites for hydroxylation is 2. The van der Waals surface area contributed by atoms with Crippen LogP contribution < -0.4 is 5.32 Å². The first-order chi connectivity index (χ1) is 10.1. The number of aromatic nitrogens is 2. The Bertz CT molecular complexity index is 778. The molecule has 3 aromatic rings. The first-order valence-electron chi connectivity index (χ1n) is 6.80. The lowest BCUT2D eigenvalue weighted by molar-refractivity contribution is 0.392. The standard InChI is InChI=1S/C16H16BrN3O/c1-9(15-10(2)20-21-11(15)3)19-14-7-8-18-16-12(14)5-4-6-13(16)17/h4-9H,1-3H3,(H,18,19). The van der Waals surface area contributed by atoms with Crippen molar-refractivity contribution in [1.82, 2.24) is 10.1 Å². The van der Waals surface area contributed by atoms with E-state index in [1.165, 1.54) is 0 Å². The average molecular weight is 346 g/mol. The zero-order valence-corrected chi connectivity index (χ0v) is 13.7. The van der Waals surface area contributed by atoms with Gasteiger partial charge in [0.2, 0.25) is 0 Å². The van der Waals surface area contributed by atoms with Gasteiger partial charge in [0.1, 0.15) is 5.76 Å². The molecule has 1 N–H and O–H groups in total. The van der Waals surface area contributed by atoms with Gasteiger partial charge in [-0.1, -0.05) is 17.3 Å². The summed E-state index contributed by atoms with van der Waals surface area (Å²) in [6.07, 6.45) is 1.81. The van der Waals surface area contributed by atoms with Crippen molar-refractivity contribution in [3.8, 4) is 0 Å². The van der Waals surface area contributed by atoms with Crippen molar-refractivity contribution in [3.63, 3.8) is 0 Å². The first-order valence-corrected chi connectivity index (χ1v) is 7.59. The van der Waals surface area contributed by atoms with E-state index in [9.17, 15) is 0 Å². The first kappa shape index (κ1) is 14.1. The average Bonchev–Trinajstić information content (AvgIpc) is 2.79. The van der Waals surface area contributed by atoms with Crippen molar-refractivity contribution in [1.29, 1.82) is 0 Å². The van der Waals surface area contributed by atoms with E-state index in [2.05, 4.69) is 44.4 Å². The Morgan fingerprint density at radius 1 is 1.24 bits per heavy atom. The van der Waals surface area contributed by atoms with Gasteiger partial charge in [0.25, 0.3) is 0 Å². The Labute approximate surface area is 131 Å². The summed E-state index contributed by atoms with van der Waals surface area (Å²) in [5, 5.41) is 8.64. The maximum atomic E-state index is 5.25. The van der Waals surface area contributed by atoms with E-state index in [1.54, 1.807) is 0 Å². The highest BCUT2D eigenvalue weighted by Crippen LogP contribution is 2.31. The van der Waals surface area contributed by atoms with E-state index in [4.69, 9.17) is 4.52 Å². The third-order valence-electron chi connectivity index (χ3n) is 3.62. The Balaban J connectivity index is 2.01. The van der Waals surface area contributed by atoms with Crippen LogP contribution in [-0.2, 0) is 0 Å². The molecule has 1 unspecified atom stereocenters. The monoisotopic (exact) mass is 345 g/mol. The molecule has 0 saturated carbocycles. The van der Waals surface area contributed by atoms with Gasteiger partial charge in [0.15, 0.2) is 0 Å². The number of nitrogens with zero attached hydrogens (tertiary/aromatic N) is 2. The lowest BCUT2D eigenvalue weighted by Gasteiger charge is -2.17. The number of halogens is 1. The second-order valence-corrected chi connectivity index (χ2v) is 5.95. The molecular weight excluding hydrogens is 330 g/mol. The fourth-order valence-electron chi connectivity index (χ4n) is 2.68. The Morgan fingerprint density at radius 3 is 2.76 bits per heavy atom. The van der Waals surface area contributed by atoms with Gasteiger partial charge in [-0.2, -0.15) is 0 Å². The molecule has 0 aliphatic carbocycles. The van der Waals surface area contributed by atoms with E-state index < -0.39 is 0 Å². The molecule has 0 spiro atoms. The Kier molecular flexibility index (Phi) is 3.68. The fourth-order valence-corrected chi connectivity index (χ4v) is 3.15. The van der Waals surface area contributed by atoms with Crippen LogP contribution in [0.25, 0.3) is 10.9 Å². The summed E-state index contributed by atoms with van der Waals surface area (Å²) < 4.78 is 6.24. The van der Waals surface area contributed by atoms with Gasteiger partial charge in [-0.15, -0.1) is 0 Å². The van der Waals surface area contributed by atoms with Crippen molar-refractivity contribution in [2.45, 2.75) is 26.8 Å². The van der Waals surface area contributed by atoms with Crippen LogP contribution in [0.4, 0.5) is 5.69 Å². The maximum absolute atomic E-state index is 5.25. The highest BCUT2D eigenvalue weighted by Gasteiger charge is 2.17. The molecule has 0 aliphatic rings. The number of pyridine rings is 1. The quantitative estimate of drug-likeness (QED) is 0.742. The lowest BCUT2D eigenvalue weighted by atomic mass is 10.1. The molecule has 108 valence electrons. The number of fused-ring (bicyclic) bond motifs is 1. The third kappa shape index (κ3) is 2.53. The maximum Gasteiger partial charge on any atom is 0.139 e. The normalized spacial score (nSPS) is 12.6. The number of anilines is 1. The molecule has 0 saturated heterocycles. The molecule has 0 radical (unpaired) electrons. The van der Waals surface area contributed by atoms with Crippen LogP contribution in [0.2, 0.25) is 0 Å². The van der Waals surface area contributed by atoms with Gasteiger partial charge in [-0.05, 0) is 48.8 Å². The number of rotatable bonds is 3. The Morgan fingerprint density at radius 2 is 2.05 bits per heavy atom. The van der Waals surface area contributed by atoms with Crippen molar-refractivity contribution in [2.24, 2.45) is 0 Å². The predicted octanol–water partition coefficient (Wildman–Crippen LogP) is 4.78. The molecular formula is C16H16BrN3O. The molecule has 0 fully saturated rings. The summed E-state index contributed by atoms with van der Waals surface area (Å²) in [5.74, 6) is 0.854. The highest BCUT2D eigenvalue weighted by atomic mass is 79.9. The van der Waals surface area contributed by atoms with E-state index >= 15 is 0 Å². The minimum atomic E-state index is 0.112. The fraction of sp³-hybridized carbons (Fsp3) is 0.250. The highest BCUT2D eigenvalue weighted by molar-refractivity contribution is 9.10. The van der Waals surface area contributed by atoms with E-state index in [-0.39, 0.29) is 6.04 Å². The van der Waals surface area contributed by atoms with Crippen LogP contribution in [0, 0.1) is 13.8 Å². The van der Waals surface area contributed by atoms with E-state index in [1.807, 2.05) is 38.2 Å². The summed E-state index contributed by atoms with van der Waals surface area (Å²) in [4.78, 5) is 4.43. The topological polar surface area (TPSA) is 51.0 Å². The van der Waals surface area contributed by atoms with Gasteiger partial charge < -0.3 is 9.84 Å². The Hall–Kier alpha value is -1.88. The summed E-state index contributed by atoms with van der Waals surface area (Å²) in [6, 6.07) is 8.18. The van der Waals surface area contributed by atoms with Gasteiger partial charge in [0.05, 0.1) is 17.3 Å². The van der Waals surface area contributed by atoms with Gasteiger partial charge in [-0.3, -0.25) is 4.98 Å².